The number of aryl methyl sites for hydroxylation is 2. The van der Waals surface area contributed by atoms with Crippen LogP contribution in [0.4, 0.5) is 5.69 Å². The second kappa shape index (κ2) is 6.49. The first-order valence-electron chi connectivity index (χ1n) is 7.65. The molecule has 0 saturated heterocycles. The lowest BCUT2D eigenvalue weighted by molar-refractivity contribution is 0.102. The van der Waals surface area contributed by atoms with Crippen LogP contribution in [0.25, 0.3) is 5.69 Å². The van der Waals surface area contributed by atoms with E-state index >= 15 is 0 Å². The normalized spacial score (nSPS) is 10.7. The topological polar surface area (TPSA) is 46.9 Å². The van der Waals surface area contributed by atoms with Crippen molar-refractivity contribution in [3.8, 4) is 5.69 Å². The molecule has 1 amide bonds. The van der Waals surface area contributed by atoms with Crippen molar-refractivity contribution in [2.45, 2.75) is 20.8 Å². The molecule has 0 radical (unpaired) electrons. The molecule has 1 N–H and O–H groups in total. The van der Waals surface area contributed by atoms with Gasteiger partial charge >= 0.3 is 0 Å². The Balaban J connectivity index is 1.91. The Hall–Kier alpha value is -2.59. The quantitative estimate of drug-likeness (QED) is 0.751. The molecule has 0 spiro atoms. The Kier molecular flexibility index (Phi) is 4.40. The minimum absolute atomic E-state index is 0.183. The fourth-order valence-electron chi connectivity index (χ4n) is 2.63. The molecule has 0 aliphatic carbocycles. The molecular weight excluding hydrogens is 322 g/mol. The van der Waals surface area contributed by atoms with Crippen molar-refractivity contribution in [2.24, 2.45) is 0 Å². The highest BCUT2D eigenvalue weighted by molar-refractivity contribution is 6.30. The van der Waals surface area contributed by atoms with E-state index in [1.807, 2.05) is 51.1 Å². The van der Waals surface area contributed by atoms with Crippen LogP contribution in [-0.2, 0) is 0 Å². The zero-order chi connectivity index (χ0) is 17.3. The van der Waals surface area contributed by atoms with Crippen LogP contribution < -0.4 is 5.32 Å². The summed E-state index contributed by atoms with van der Waals surface area (Å²) >= 11 is 5.96. The van der Waals surface area contributed by atoms with Crippen LogP contribution in [0.15, 0.2) is 48.7 Å². The second-order valence-electron chi connectivity index (χ2n) is 5.76. The van der Waals surface area contributed by atoms with Gasteiger partial charge in [-0.05, 0) is 56.2 Å². The highest BCUT2D eigenvalue weighted by Crippen LogP contribution is 2.22. The number of hydrogen-bond acceptors (Lipinski definition) is 2. The molecule has 0 atom stereocenters. The second-order valence-corrected chi connectivity index (χ2v) is 6.19. The number of hydrogen-bond donors (Lipinski definition) is 1. The van der Waals surface area contributed by atoms with Crippen molar-refractivity contribution in [1.29, 1.82) is 0 Å². The number of carbonyl (C=O) groups excluding carboxylic acids is 1. The van der Waals surface area contributed by atoms with Gasteiger partial charge in [0.2, 0.25) is 0 Å². The maximum Gasteiger partial charge on any atom is 0.259 e. The van der Waals surface area contributed by atoms with Gasteiger partial charge < -0.3 is 5.32 Å². The largest absolute Gasteiger partial charge is 0.322 e. The van der Waals surface area contributed by atoms with Crippen LogP contribution in [-0.4, -0.2) is 15.7 Å². The van der Waals surface area contributed by atoms with Gasteiger partial charge in [0.05, 0.1) is 23.1 Å². The number of anilines is 1. The number of halogens is 1. The van der Waals surface area contributed by atoms with Gasteiger partial charge in [-0.15, -0.1) is 0 Å². The van der Waals surface area contributed by atoms with Gasteiger partial charge in [-0.1, -0.05) is 29.8 Å². The summed E-state index contributed by atoms with van der Waals surface area (Å²) in [5.74, 6) is -0.183. The molecule has 3 aromatic rings. The van der Waals surface area contributed by atoms with Crippen molar-refractivity contribution in [1.82, 2.24) is 9.78 Å². The number of nitrogens with zero attached hydrogens (tertiary/aromatic N) is 2. The Bertz CT molecular complexity index is 915. The van der Waals surface area contributed by atoms with E-state index in [1.165, 1.54) is 0 Å². The number of aromatic nitrogens is 2. The summed E-state index contributed by atoms with van der Waals surface area (Å²) < 4.78 is 1.79. The summed E-state index contributed by atoms with van der Waals surface area (Å²) in [6.45, 7) is 5.82. The molecule has 4 nitrogen and oxygen atoms in total. The van der Waals surface area contributed by atoms with E-state index < -0.39 is 0 Å². The number of para-hydroxylation sites is 1. The molecule has 3 rings (SSSR count). The molecule has 24 heavy (non-hydrogen) atoms. The molecule has 1 heterocycles. The van der Waals surface area contributed by atoms with Crippen molar-refractivity contribution >= 4 is 23.2 Å². The molecule has 0 saturated carbocycles. The van der Waals surface area contributed by atoms with Crippen LogP contribution in [0, 0.1) is 20.8 Å². The first kappa shape index (κ1) is 16.3. The molecule has 1 aromatic heterocycles. The molecule has 0 bridgehead atoms. The number of amides is 1. The average Bonchev–Trinajstić information content (AvgIpc) is 2.92. The smallest absolute Gasteiger partial charge is 0.259 e. The molecule has 0 aliphatic heterocycles. The van der Waals surface area contributed by atoms with Crippen LogP contribution >= 0.6 is 11.6 Å². The van der Waals surface area contributed by atoms with Gasteiger partial charge in [0.25, 0.3) is 5.91 Å². The van der Waals surface area contributed by atoms with Gasteiger partial charge in [-0.3, -0.25) is 4.79 Å². The molecule has 122 valence electrons. The van der Waals surface area contributed by atoms with Gasteiger partial charge in [-0.25, -0.2) is 4.68 Å². The monoisotopic (exact) mass is 339 g/mol. The predicted molar refractivity (Wildman–Crippen MR) is 97.2 cm³/mol. The summed E-state index contributed by atoms with van der Waals surface area (Å²) in [5, 5.41) is 7.95. The van der Waals surface area contributed by atoms with Crippen LogP contribution in [0.5, 0.6) is 0 Å². The van der Waals surface area contributed by atoms with E-state index in [9.17, 15) is 4.79 Å². The molecule has 5 heteroatoms. The van der Waals surface area contributed by atoms with Crippen LogP contribution in [0.2, 0.25) is 5.02 Å². The molecular formula is C19H18ClN3O. The third-order valence-electron chi connectivity index (χ3n) is 4.03. The Morgan fingerprint density at radius 2 is 1.83 bits per heavy atom. The lowest BCUT2D eigenvalue weighted by atomic mass is 10.1. The van der Waals surface area contributed by atoms with Gasteiger partial charge in [0.15, 0.2) is 0 Å². The lowest BCUT2D eigenvalue weighted by Crippen LogP contribution is -2.14. The van der Waals surface area contributed by atoms with Crippen molar-refractivity contribution in [3.63, 3.8) is 0 Å². The molecule has 0 unspecified atom stereocenters. The third kappa shape index (κ3) is 3.05. The number of carbonyl (C=O) groups is 1. The van der Waals surface area contributed by atoms with E-state index in [0.29, 0.717) is 10.6 Å². The molecule has 0 fully saturated rings. The van der Waals surface area contributed by atoms with Gasteiger partial charge in [-0.2, -0.15) is 5.10 Å². The van der Waals surface area contributed by atoms with E-state index in [-0.39, 0.29) is 5.91 Å². The summed E-state index contributed by atoms with van der Waals surface area (Å²) in [4.78, 5) is 12.6. The Labute approximate surface area is 146 Å². The minimum Gasteiger partial charge on any atom is -0.322 e. The van der Waals surface area contributed by atoms with E-state index in [0.717, 1.165) is 28.2 Å². The standard InChI is InChI=1S/C19H18ClN3O/c1-12-6-4-5-7-18(12)23-14(3)16(11-21-23)19(24)22-17-9-8-15(20)10-13(17)2/h4-11H,1-3H3,(H,22,24). The summed E-state index contributed by atoms with van der Waals surface area (Å²) in [6.07, 6.45) is 1.60. The first-order chi connectivity index (χ1) is 11.5. The third-order valence-corrected chi connectivity index (χ3v) is 4.27. The number of benzene rings is 2. The zero-order valence-electron chi connectivity index (χ0n) is 13.8. The average molecular weight is 340 g/mol. The van der Waals surface area contributed by atoms with Crippen LogP contribution in [0.3, 0.4) is 0 Å². The molecule has 0 aliphatic rings. The minimum atomic E-state index is -0.183. The Morgan fingerprint density at radius 1 is 1.08 bits per heavy atom. The fourth-order valence-corrected chi connectivity index (χ4v) is 2.86. The van der Waals surface area contributed by atoms with E-state index in [4.69, 9.17) is 11.6 Å². The fraction of sp³-hybridized carbons (Fsp3) is 0.158. The predicted octanol–water partition coefficient (Wildman–Crippen LogP) is 4.70. The molecule has 2 aromatic carbocycles. The highest BCUT2D eigenvalue weighted by Gasteiger charge is 2.16. The first-order valence-corrected chi connectivity index (χ1v) is 8.03. The number of nitrogens with one attached hydrogen (secondary N) is 1. The SMILES string of the molecule is Cc1cc(Cl)ccc1NC(=O)c1cnn(-c2ccccc2C)c1C. The number of rotatable bonds is 3. The van der Waals surface area contributed by atoms with Crippen molar-refractivity contribution in [2.75, 3.05) is 5.32 Å². The summed E-state index contributed by atoms with van der Waals surface area (Å²) in [5.41, 5.74) is 5.08. The maximum atomic E-state index is 12.6. The van der Waals surface area contributed by atoms with Gasteiger partial charge in [0, 0.05) is 10.7 Å². The lowest BCUT2D eigenvalue weighted by Gasteiger charge is -2.10. The van der Waals surface area contributed by atoms with Crippen LogP contribution in [0.1, 0.15) is 27.2 Å². The summed E-state index contributed by atoms with van der Waals surface area (Å²) in [6, 6.07) is 13.3. The highest BCUT2D eigenvalue weighted by atomic mass is 35.5. The zero-order valence-corrected chi connectivity index (χ0v) is 14.6. The maximum absolute atomic E-state index is 12.6. The Morgan fingerprint density at radius 3 is 2.54 bits per heavy atom. The summed E-state index contributed by atoms with van der Waals surface area (Å²) in [7, 11) is 0. The van der Waals surface area contributed by atoms with E-state index in [1.54, 1.807) is 23.0 Å². The van der Waals surface area contributed by atoms with E-state index in [2.05, 4.69) is 10.4 Å². The van der Waals surface area contributed by atoms with Crippen molar-refractivity contribution in [3.05, 3.63) is 76.1 Å². The van der Waals surface area contributed by atoms with Crippen molar-refractivity contribution < 1.29 is 4.79 Å². The van der Waals surface area contributed by atoms with Gasteiger partial charge in [0.1, 0.15) is 0 Å².